The second kappa shape index (κ2) is 8.82. The summed E-state index contributed by atoms with van der Waals surface area (Å²) in [6.07, 6.45) is 1.95. The molecule has 0 aliphatic rings. The molecule has 0 unspecified atom stereocenters. The van der Waals surface area contributed by atoms with Crippen LogP contribution in [0.2, 0.25) is 5.02 Å². The molecule has 0 atom stereocenters. The van der Waals surface area contributed by atoms with E-state index >= 15 is 0 Å². The first kappa shape index (κ1) is 17.7. The molecule has 1 amide bonds. The number of carbonyl (C=O) groups excluding carboxylic acids is 1. The highest BCUT2D eigenvalue weighted by Crippen LogP contribution is 2.20. The molecule has 0 aromatic heterocycles. The molecule has 0 saturated heterocycles. The first-order valence-corrected chi connectivity index (χ1v) is 6.79. The fourth-order valence-electron chi connectivity index (χ4n) is 1.59. The normalized spacial score (nSPS) is 10.9. The third-order valence-electron chi connectivity index (χ3n) is 2.72. The van der Waals surface area contributed by atoms with Crippen LogP contribution in [0.4, 0.5) is 0 Å². The lowest BCUT2D eigenvalue weighted by atomic mass is 10.1. The summed E-state index contributed by atoms with van der Waals surface area (Å²) in [7, 11) is 1.56. The van der Waals surface area contributed by atoms with Crippen molar-refractivity contribution in [3.05, 3.63) is 39.9 Å². The van der Waals surface area contributed by atoms with Crippen LogP contribution in [0.15, 0.2) is 23.8 Å². The van der Waals surface area contributed by atoms with Gasteiger partial charge in [-0.05, 0) is 30.2 Å². The molecular formula is C15H15ClN2O4. The summed E-state index contributed by atoms with van der Waals surface area (Å²) in [6.45, 7) is 0.895. The van der Waals surface area contributed by atoms with Gasteiger partial charge in [0.2, 0.25) is 0 Å². The van der Waals surface area contributed by atoms with Crippen molar-refractivity contribution in [2.45, 2.75) is 6.42 Å². The second-order valence-corrected chi connectivity index (χ2v) is 4.72. The third-order valence-corrected chi connectivity index (χ3v) is 3.05. The van der Waals surface area contributed by atoms with E-state index in [1.165, 1.54) is 24.3 Å². The monoisotopic (exact) mass is 322 g/mol. The summed E-state index contributed by atoms with van der Waals surface area (Å²) >= 11 is 5.96. The minimum absolute atomic E-state index is 0.0321. The fraction of sp³-hybridized carbons (Fsp3) is 0.267. The van der Waals surface area contributed by atoms with E-state index in [9.17, 15) is 9.59 Å². The van der Waals surface area contributed by atoms with Gasteiger partial charge in [0, 0.05) is 25.3 Å². The van der Waals surface area contributed by atoms with Crippen LogP contribution in [0.1, 0.15) is 22.3 Å². The van der Waals surface area contributed by atoms with Gasteiger partial charge in [0.05, 0.1) is 5.56 Å². The molecule has 7 heteroatoms. The highest BCUT2D eigenvalue weighted by molar-refractivity contribution is 6.32. The van der Waals surface area contributed by atoms with Gasteiger partial charge >= 0.3 is 5.97 Å². The number of carbonyl (C=O) groups is 2. The molecule has 0 heterocycles. The van der Waals surface area contributed by atoms with Crippen LogP contribution < -0.4 is 5.32 Å². The lowest BCUT2D eigenvalue weighted by Crippen LogP contribution is -2.26. The molecule has 0 aliphatic carbocycles. The number of ether oxygens (including phenoxy) is 1. The summed E-state index contributed by atoms with van der Waals surface area (Å²) < 4.78 is 4.86. The molecule has 0 spiro atoms. The average molecular weight is 323 g/mol. The Morgan fingerprint density at radius 2 is 2.23 bits per heavy atom. The number of carboxylic acid groups (broad SMARTS) is 1. The number of amides is 1. The van der Waals surface area contributed by atoms with Gasteiger partial charge in [-0.2, -0.15) is 5.26 Å². The standard InChI is InChI=1S/C15H15ClN2O4/c1-22-6-2-5-18-14(19)12(9-17)7-10-3-4-11(15(20)21)8-13(10)16/h3-4,7-8H,2,5-6H2,1H3,(H,18,19)(H,20,21)/b12-7+. The summed E-state index contributed by atoms with van der Waals surface area (Å²) in [5, 5.41) is 20.7. The first-order valence-electron chi connectivity index (χ1n) is 6.41. The maximum atomic E-state index is 11.8. The van der Waals surface area contributed by atoms with Crippen LogP contribution in [0.3, 0.4) is 0 Å². The molecule has 1 rings (SSSR count). The Morgan fingerprint density at radius 1 is 1.50 bits per heavy atom. The number of benzene rings is 1. The van der Waals surface area contributed by atoms with Crippen LogP contribution in [-0.2, 0) is 9.53 Å². The molecule has 0 bridgehead atoms. The molecule has 1 aromatic carbocycles. The van der Waals surface area contributed by atoms with E-state index in [0.717, 1.165) is 0 Å². The number of halogens is 1. The van der Waals surface area contributed by atoms with E-state index in [4.69, 9.17) is 26.7 Å². The Bertz CT molecular complexity index is 635. The minimum Gasteiger partial charge on any atom is -0.478 e. The fourth-order valence-corrected chi connectivity index (χ4v) is 1.83. The van der Waals surface area contributed by atoms with Crippen molar-refractivity contribution >= 4 is 29.6 Å². The molecule has 0 radical (unpaired) electrons. The Hall–Kier alpha value is -2.36. The Morgan fingerprint density at radius 3 is 2.77 bits per heavy atom. The van der Waals surface area contributed by atoms with Crippen LogP contribution in [0.25, 0.3) is 6.08 Å². The predicted octanol–water partition coefficient (Wildman–Crippen LogP) is 2.10. The second-order valence-electron chi connectivity index (χ2n) is 4.31. The predicted molar refractivity (Wildman–Crippen MR) is 81.5 cm³/mol. The summed E-state index contributed by atoms with van der Waals surface area (Å²) in [5.41, 5.74) is 0.322. The van der Waals surface area contributed by atoms with E-state index in [-0.39, 0.29) is 16.2 Å². The SMILES string of the molecule is COCCCNC(=O)/C(C#N)=C/c1ccc(C(=O)O)cc1Cl. The zero-order valence-corrected chi connectivity index (χ0v) is 12.7. The summed E-state index contributed by atoms with van der Waals surface area (Å²) in [6, 6.07) is 5.86. The number of nitrogens with one attached hydrogen (secondary N) is 1. The van der Waals surface area contributed by atoms with Gasteiger partial charge in [-0.1, -0.05) is 17.7 Å². The van der Waals surface area contributed by atoms with Crippen molar-refractivity contribution in [2.75, 3.05) is 20.3 Å². The number of carboxylic acids is 1. The molecule has 2 N–H and O–H groups in total. The van der Waals surface area contributed by atoms with E-state index in [2.05, 4.69) is 5.32 Å². The molecular weight excluding hydrogens is 308 g/mol. The zero-order valence-electron chi connectivity index (χ0n) is 11.9. The van der Waals surface area contributed by atoms with Crippen LogP contribution in [0, 0.1) is 11.3 Å². The van der Waals surface area contributed by atoms with Crippen molar-refractivity contribution in [3.63, 3.8) is 0 Å². The van der Waals surface area contributed by atoms with Gasteiger partial charge in [-0.15, -0.1) is 0 Å². The van der Waals surface area contributed by atoms with E-state index in [1.54, 1.807) is 13.2 Å². The van der Waals surface area contributed by atoms with Gasteiger partial charge in [0.1, 0.15) is 11.6 Å². The lowest BCUT2D eigenvalue weighted by Gasteiger charge is -2.05. The van der Waals surface area contributed by atoms with Crippen LogP contribution in [-0.4, -0.2) is 37.2 Å². The van der Waals surface area contributed by atoms with Crippen molar-refractivity contribution in [3.8, 4) is 6.07 Å². The smallest absolute Gasteiger partial charge is 0.335 e. The van der Waals surface area contributed by atoms with Gasteiger partial charge in [0.15, 0.2) is 0 Å². The summed E-state index contributed by atoms with van der Waals surface area (Å²) in [5.74, 6) is -1.62. The van der Waals surface area contributed by atoms with E-state index < -0.39 is 11.9 Å². The number of rotatable bonds is 7. The van der Waals surface area contributed by atoms with Crippen molar-refractivity contribution in [1.82, 2.24) is 5.32 Å². The van der Waals surface area contributed by atoms with Crippen molar-refractivity contribution in [2.24, 2.45) is 0 Å². The van der Waals surface area contributed by atoms with Gasteiger partial charge in [0.25, 0.3) is 5.91 Å². The van der Waals surface area contributed by atoms with E-state index in [1.807, 2.05) is 0 Å². The molecule has 0 saturated carbocycles. The highest BCUT2D eigenvalue weighted by Gasteiger charge is 2.11. The number of nitrogens with zero attached hydrogens (tertiary/aromatic N) is 1. The molecule has 0 aliphatic heterocycles. The highest BCUT2D eigenvalue weighted by atomic mass is 35.5. The molecule has 22 heavy (non-hydrogen) atoms. The molecule has 6 nitrogen and oxygen atoms in total. The lowest BCUT2D eigenvalue weighted by molar-refractivity contribution is -0.117. The minimum atomic E-state index is -1.10. The molecule has 1 aromatic rings. The largest absolute Gasteiger partial charge is 0.478 e. The van der Waals surface area contributed by atoms with Crippen LogP contribution in [0.5, 0.6) is 0 Å². The maximum Gasteiger partial charge on any atom is 0.335 e. The number of hydrogen-bond acceptors (Lipinski definition) is 4. The molecule has 0 fully saturated rings. The van der Waals surface area contributed by atoms with Crippen LogP contribution >= 0.6 is 11.6 Å². The van der Waals surface area contributed by atoms with E-state index in [0.29, 0.717) is 25.1 Å². The number of nitriles is 1. The topological polar surface area (TPSA) is 99.4 Å². The Labute approximate surface area is 133 Å². The van der Waals surface area contributed by atoms with Gasteiger partial charge < -0.3 is 15.2 Å². The van der Waals surface area contributed by atoms with Gasteiger partial charge in [-0.25, -0.2) is 4.79 Å². The third kappa shape index (κ3) is 5.20. The van der Waals surface area contributed by atoms with Crippen molar-refractivity contribution in [1.29, 1.82) is 5.26 Å². The Kier molecular flexibility index (Phi) is 7.09. The Balaban J connectivity index is 2.86. The zero-order chi connectivity index (χ0) is 16.5. The quantitative estimate of drug-likeness (QED) is 0.455. The maximum absolute atomic E-state index is 11.8. The van der Waals surface area contributed by atoms with Crippen molar-refractivity contribution < 1.29 is 19.4 Å². The summed E-state index contributed by atoms with van der Waals surface area (Å²) in [4.78, 5) is 22.7. The van der Waals surface area contributed by atoms with Gasteiger partial charge in [-0.3, -0.25) is 4.79 Å². The molecule has 116 valence electrons. The number of methoxy groups -OCH3 is 1. The number of aromatic carboxylic acids is 1. The first-order chi connectivity index (χ1) is 10.5. The number of hydrogen-bond donors (Lipinski definition) is 2. The average Bonchev–Trinajstić information content (AvgIpc) is 2.50.